The van der Waals surface area contributed by atoms with Gasteiger partial charge in [-0.25, -0.2) is 9.89 Å². The van der Waals surface area contributed by atoms with Gasteiger partial charge >= 0.3 is 5.97 Å². The van der Waals surface area contributed by atoms with Gasteiger partial charge in [-0.2, -0.15) is 5.10 Å². The highest BCUT2D eigenvalue weighted by molar-refractivity contribution is 5.85. The summed E-state index contributed by atoms with van der Waals surface area (Å²) in [5.74, 6) is -1.23. The third-order valence-corrected chi connectivity index (χ3v) is 1.05. The van der Waals surface area contributed by atoms with Gasteiger partial charge in [0.2, 0.25) is 0 Å². The second-order valence-corrected chi connectivity index (χ2v) is 1.84. The summed E-state index contributed by atoms with van der Waals surface area (Å²) in [7, 11) is 0. The first-order valence-electron chi connectivity index (χ1n) is 2.70. The summed E-state index contributed by atoms with van der Waals surface area (Å²) < 4.78 is 0. The van der Waals surface area contributed by atoms with Crippen LogP contribution in [0.15, 0.2) is 10.9 Å². The molecule has 0 aliphatic heterocycles. The minimum Gasteiger partial charge on any atom is -0.476 e. The fraction of sp³-hybridized carbons (Fsp3) is 0. The van der Waals surface area contributed by atoms with Crippen molar-refractivity contribution in [3.63, 3.8) is 0 Å². The Balaban J connectivity index is 3.26. The van der Waals surface area contributed by atoms with Crippen LogP contribution >= 0.6 is 0 Å². The molecule has 0 aliphatic rings. The maximum absolute atomic E-state index is 10.6. The highest BCUT2D eigenvalue weighted by atomic mass is 16.4. The third-order valence-electron chi connectivity index (χ3n) is 1.05. The first kappa shape index (κ1) is 7.26. The standard InChI is InChI=1S/C5H5N3O3/c6-2-1-3(5(10)11)7-8-4(2)9/h1H,(H2,6,7)(H,8,9)(H,10,11). The van der Waals surface area contributed by atoms with Gasteiger partial charge in [-0.15, -0.1) is 0 Å². The number of rotatable bonds is 1. The molecule has 0 radical (unpaired) electrons. The molecule has 1 aromatic rings. The van der Waals surface area contributed by atoms with Crippen LogP contribution in [0.3, 0.4) is 0 Å². The van der Waals surface area contributed by atoms with Crippen LogP contribution in [0.2, 0.25) is 0 Å². The number of carbonyl (C=O) groups is 1. The molecule has 0 amide bonds. The molecule has 0 saturated carbocycles. The van der Waals surface area contributed by atoms with E-state index < -0.39 is 11.5 Å². The van der Waals surface area contributed by atoms with E-state index in [2.05, 4.69) is 5.10 Å². The zero-order chi connectivity index (χ0) is 8.43. The number of H-pyrrole nitrogens is 1. The Bertz CT molecular complexity index is 343. The van der Waals surface area contributed by atoms with Crippen LogP contribution in [-0.4, -0.2) is 21.3 Å². The van der Waals surface area contributed by atoms with Gasteiger partial charge in [0.15, 0.2) is 5.69 Å². The Morgan fingerprint density at radius 3 is 2.82 bits per heavy atom. The van der Waals surface area contributed by atoms with E-state index in [1.54, 1.807) is 0 Å². The second kappa shape index (κ2) is 2.41. The molecule has 0 bridgehead atoms. The molecular formula is C5H5N3O3. The van der Waals surface area contributed by atoms with Crippen LogP contribution in [0, 0.1) is 0 Å². The van der Waals surface area contributed by atoms with Crippen LogP contribution < -0.4 is 11.3 Å². The fourth-order valence-corrected chi connectivity index (χ4v) is 0.530. The van der Waals surface area contributed by atoms with Gasteiger partial charge in [-0.05, 0) is 0 Å². The molecule has 1 heterocycles. The van der Waals surface area contributed by atoms with Crippen molar-refractivity contribution in [2.45, 2.75) is 0 Å². The van der Waals surface area contributed by atoms with E-state index in [-0.39, 0.29) is 11.4 Å². The average molecular weight is 155 g/mol. The molecule has 58 valence electrons. The minimum absolute atomic E-state index is 0.155. The normalized spacial score (nSPS) is 9.45. The van der Waals surface area contributed by atoms with Crippen LogP contribution in [0.25, 0.3) is 0 Å². The first-order valence-corrected chi connectivity index (χ1v) is 2.70. The Morgan fingerprint density at radius 1 is 1.73 bits per heavy atom. The zero-order valence-corrected chi connectivity index (χ0v) is 5.37. The molecule has 0 unspecified atom stereocenters. The van der Waals surface area contributed by atoms with Gasteiger partial charge in [0.05, 0.1) is 0 Å². The molecule has 6 nitrogen and oxygen atoms in total. The van der Waals surface area contributed by atoms with Crippen LogP contribution in [0.1, 0.15) is 10.5 Å². The quantitative estimate of drug-likeness (QED) is 0.484. The molecular weight excluding hydrogens is 150 g/mol. The Kier molecular flexibility index (Phi) is 1.59. The van der Waals surface area contributed by atoms with Gasteiger partial charge in [0.25, 0.3) is 5.56 Å². The second-order valence-electron chi connectivity index (χ2n) is 1.84. The smallest absolute Gasteiger partial charge is 0.356 e. The molecule has 1 rings (SSSR count). The summed E-state index contributed by atoms with van der Waals surface area (Å²) in [5.41, 5.74) is 4.09. The lowest BCUT2D eigenvalue weighted by Crippen LogP contribution is -2.16. The predicted octanol–water partition coefficient (Wildman–Crippen LogP) is -0.950. The number of hydrogen-bond donors (Lipinski definition) is 3. The Morgan fingerprint density at radius 2 is 2.36 bits per heavy atom. The first-order chi connectivity index (χ1) is 5.11. The summed E-state index contributed by atoms with van der Waals surface area (Å²) in [4.78, 5) is 20.8. The topological polar surface area (TPSA) is 109 Å². The van der Waals surface area contributed by atoms with E-state index in [4.69, 9.17) is 10.8 Å². The number of aromatic nitrogens is 2. The number of nitrogen functional groups attached to an aromatic ring is 1. The van der Waals surface area contributed by atoms with Crippen molar-refractivity contribution in [2.75, 3.05) is 5.73 Å². The number of carboxylic acid groups (broad SMARTS) is 1. The van der Waals surface area contributed by atoms with E-state index in [1.807, 2.05) is 5.10 Å². The largest absolute Gasteiger partial charge is 0.476 e. The van der Waals surface area contributed by atoms with Crippen LogP contribution in [0.4, 0.5) is 5.69 Å². The molecule has 4 N–H and O–H groups in total. The lowest BCUT2D eigenvalue weighted by molar-refractivity contribution is 0.0689. The predicted molar refractivity (Wildman–Crippen MR) is 36.2 cm³/mol. The lowest BCUT2D eigenvalue weighted by atomic mass is 10.3. The molecule has 6 heteroatoms. The molecule has 0 spiro atoms. The van der Waals surface area contributed by atoms with Crippen LogP contribution in [-0.2, 0) is 0 Å². The highest BCUT2D eigenvalue weighted by Crippen LogP contribution is 1.94. The lowest BCUT2D eigenvalue weighted by Gasteiger charge is -1.92. The minimum atomic E-state index is -1.23. The van der Waals surface area contributed by atoms with E-state index >= 15 is 0 Å². The van der Waals surface area contributed by atoms with Gasteiger partial charge in [0, 0.05) is 6.07 Å². The molecule has 0 aliphatic carbocycles. The number of nitrogens with two attached hydrogens (primary N) is 1. The third kappa shape index (κ3) is 1.34. The van der Waals surface area contributed by atoms with Crippen molar-refractivity contribution in [3.8, 4) is 0 Å². The van der Waals surface area contributed by atoms with Crippen molar-refractivity contribution in [1.29, 1.82) is 0 Å². The molecule has 0 atom stereocenters. The summed E-state index contributed by atoms with van der Waals surface area (Å²) >= 11 is 0. The van der Waals surface area contributed by atoms with Crippen molar-refractivity contribution >= 4 is 11.7 Å². The van der Waals surface area contributed by atoms with Gasteiger partial charge < -0.3 is 10.8 Å². The van der Waals surface area contributed by atoms with Gasteiger partial charge in [-0.1, -0.05) is 0 Å². The van der Waals surface area contributed by atoms with Crippen molar-refractivity contribution in [3.05, 3.63) is 22.1 Å². The van der Waals surface area contributed by atoms with E-state index in [0.717, 1.165) is 6.07 Å². The number of aromatic carboxylic acids is 1. The number of hydrogen-bond acceptors (Lipinski definition) is 4. The maximum atomic E-state index is 10.6. The monoisotopic (exact) mass is 155 g/mol. The molecule has 11 heavy (non-hydrogen) atoms. The molecule has 1 aromatic heterocycles. The number of aromatic amines is 1. The van der Waals surface area contributed by atoms with Crippen LogP contribution in [0.5, 0.6) is 0 Å². The number of carboxylic acids is 1. The van der Waals surface area contributed by atoms with E-state index in [0.29, 0.717) is 0 Å². The fourth-order valence-electron chi connectivity index (χ4n) is 0.530. The highest BCUT2D eigenvalue weighted by Gasteiger charge is 2.05. The van der Waals surface area contributed by atoms with Crippen molar-refractivity contribution < 1.29 is 9.90 Å². The van der Waals surface area contributed by atoms with Crippen molar-refractivity contribution in [2.24, 2.45) is 0 Å². The number of nitrogens with zero attached hydrogens (tertiary/aromatic N) is 1. The SMILES string of the molecule is Nc1cc(C(=O)O)n[nH]c1=O. The molecule has 0 aromatic carbocycles. The summed E-state index contributed by atoms with van der Waals surface area (Å²) in [6.07, 6.45) is 0. The number of nitrogens with one attached hydrogen (secondary N) is 1. The maximum Gasteiger partial charge on any atom is 0.356 e. The Labute approximate surface area is 60.7 Å². The van der Waals surface area contributed by atoms with E-state index in [1.165, 1.54) is 0 Å². The average Bonchev–Trinajstić information content (AvgIpc) is 1.94. The zero-order valence-electron chi connectivity index (χ0n) is 5.37. The molecule has 0 saturated heterocycles. The summed E-state index contributed by atoms with van der Waals surface area (Å²) in [6.45, 7) is 0. The van der Waals surface area contributed by atoms with E-state index in [9.17, 15) is 9.59 Å². The summed E-state index contributed by atoms with van der Waals surface area (Å²) in [6, 6.07) is 1.00. The van der Waals surface area contributed by atoms with Gasteiger partial charge in [-0.3, -0.25) is 4.79 Å². The summed E-state index contributed by atoms with van der Waals surface area (Å²) in [5, 5.41) is 13.5. The van der Waals surface area contributed by atoms with Crippen molar-refractivity contribution in [1.82, 2.24) is 10.2 Å². The number of anilines is 1. The molecule has 0 fully saturated rings. The van der Waals surface area contributed by atoms with Gasteiger partial charge in [0.1, 0.15) is 5.69 Å². The Hall–Kier alpha value is -1.85.